The van der Waals surface area contributed by atoms with Gasteiger partial charge in [0.05, 0.1) is 7.11 Å². The number of hydrogen-bond donors (Lipinski definition) is 1. The topological polar surface area (TPSA) is 43.5 Å². The SMILES string of the molecule is COc1ccc(-c2cc3cc4c(cc3[nH]2)Oc2ccccc2O4)cc1. The molecule has 0 saturated heterocycles. The zero-order chi connectivity index (χ0) is 16.8. The maximum atomic E-state index is 5.98. The van der Waals surface area contributed by atoms with Crippen molar-refractivity contribution in [2.45, 2.75) is 0 Å². The summed E-state index contributed by atoms with van der Waals surface area (Å²) in [4.78, 5) is 3.45. The number of H-pyrrole nitrogens is 1. The van der Waals surface area contributed by atoms with Gasteiger partial charge in [-0.1, -0.05) is 12.1 Å². The first kappa shape index (κ1) is 14.0. The number of aromatic amines is 1. The van der Waals surface area contributed by atoms with Gasteiger partial charge < -0.3 is 19.2 Å². The molecule has 0 aliphatic carbocycles. The van der Waals surface area contributed by atoms with E-state index in [1.807, 2.05) is 60.7 Å². The lowest BCUT2D eigenvalue weighted by Crippen LogP contribution is -1.98. The van der Waals surface area contributed by atoms with Gasteiger partial charge in [0.2, 0.25) is 0 Å². The maximum Gasteiger partial charge on any atom is 0.172 e. The van der Waals surface area contributed by atoms with E-state index in [2.05, 4.69) is 11.1 Å². The van der Waals surface area contributed by atoms with Crippen LogP contribution >= 0.6 is 0 Å². The van der Waals surface area contributed by atoms with Gasteiger partial charge in [-0.25, -0.2) is 0 Å². The van der Waals surface area contributed by atoms with Gasteiger partial charge in [-0.3, -0.25) is 0 Å². The number of aromatic nitrogens is 1. The van der Waals surface area contributed by atoms with Crippen LogP contribution < -0.4 is 14.2 Å². The molecule has 0 unspecified atom stereocenters. The molecule has 2 heterocycles. The minimum atomic E-state index is 0.717. The number of benzene rings is 3. The lowest BCUT2D eigenvalue weighted by atomic mass is 10.1. The van der Waals surface area contributed by atoms with Gasteiger partial charge in [0.25, 0.3) is 0 Å². The van der Waals surface area contributed by atoms with Crippen molar-refractivity contribution in [2.75, 3.05) is 7.11 Å². The molecule has 0 atom stereocenters. The number of para-hydroxylation sites is 2. The van der Waals surface area contributed by atoms with Gasteiger partial charge >= 0.3 is 0 Å². The van der Waals surface area contributed by atoms with Crippen LogP contribution in [-0.2, 0) is 0 Å². The van der Waals surface area contributed by atoms with E-state index in [0.717, 1.165) is 45.2 Å². The maximum absolute atomic E-state index is 5.98. The Kier molecular flexibility index (Phi) is 2.97. The number of nitrogens with one attached hydrogen (secondary N) is 1. The third-order valence-corrected chi connectivity index (χ3v) is 4.38. The molecule has 0 fully saturated rings. The van der Waals surface area contributed by atoms with Gasteiger partial charge in [-0.05, 0) is 54.1 Å². The lowest BCUT2D eigenvalue weighted by Gasteiger charge is -2.20. The van der Waals surface area contributed by atoms with E-state index in [9.17, 15) is 0 Å². The van der Waals surface area contributed by atoms with Crippen LogP contribution in [0.5, 0.6) is 28.7 Å². The van der Waals surface area contributed by atoms with E-state index in [1.165, 1.54) is 0 Å². The predicted octanol–water partition coefficient (Wildman–Crippen LogP) is 5.74. The molecule has 3 aromatic carbocycles. The molecular formula is C21H15NO3. The molecule has 0 amide bonds. The average molecular weight is 329 g/mol. The molecule has 0 radical (unpaired) electrons. The first-order valence-electron chi connectivity index (χ1n) is 8.06. The summed E-state index contributed by atoms with van der Waals surface area (Å²) >= 11 is 0. The molecule has 4 heteroatoms. The molecule has 4 aromatic rings. The third-order valence-electron chi connectivity index (χ3n) is 4.38. The van der Waals surface area contributed by atoms with Gasteiger partial charge in [0.15, 0.2) is 23.0 Å². The Morgan fingerprint density at radius 1 is 0.760 bits per heavy atom. The molecule has 1 aromatic heterocycles. The monoisotopic (exact) mass is 329 g/mol. The smallest absolute Gasteiger partial charge is 0.172 e. The molecule has 122 valence electrons. The Balaban J connectivity index is 1.57. The fourth-order valence-corrected chi connectivity index (χ4v) is 3.08. The van der Waals surface area contributed by atoms with E-state index in [-0.39, 0.29) is 0 Å². The van der Waals surface area contributed by atoms with Gasteiger partial charge in [0.1, 0.15) is 5.75 Å². The number of methoxy groups -OCH3 is 1. The first-order chi connectivity index (χ1) is 12.3. The van der Waals surface area contributed by atoms with Crippen molar-refractivity contribution in [1.29, 1.82) is 0 Å². The van der Waals surface area contributed by atoms with Crippen molar-refractivity contribution in [2.24, 2.45) is 0 Å². The van der Waals surface area contributed by atoms with Gasteiger partial charge in [-0.2, -0.15) is 0 Å². The number of ether oxygens (including phenoxy) is 3. The van der Waals surface area contributed by atoms with Crippen LogP contribution in [0.3, 0.4) is 0 Å². The highest BCUT2D eigenvalue weighted by atomic mass is 16.6. The Labute approximate surface area is 144 Å². The fraction of sp³-hybridized carbons (Fsp3) is 0.0476. The third kappa shape index (κ3) is 2.31. The molecule has 1 N–H and O–H groups in total. The summed E-state index contributed by atoms with van der Waals surface area (Å²) < 4.78 is 17.2. The number of hydrogen-bond acceptors (Lipinski definition) is 3. The van der Waals surface area contributed by atoms with Gasteiger partial charge in [-0.15, -0.1) is 0 Å². The zero-order valence-corrected chi connectivity index (χ0v) is 13.6. The highest BCUT2D eigenvalue weighted by Gasteiger charge is 2.19. The summed E-state index contributed by atoms with van der Waals surface area (Å²) in [7, 11) is 1.67. The largest absolute Gasteiger partial charge is 0.497 e. The quantitative estimate of drug-likeness (QED) is 0.449. The van der Waals surface area contributed by atoms with Crippen molar-refractivity contribution in [3.05, 3.63) is 66.7 Å². The van der Waals surface area contributed by atoms with E-state index >= 15 is 0 Å². The van der Waals surface area contributed by atoms with E-state index in [0.29, 0.717) is 5.75 Å². The van der Waals surface area contributed by atoms with Crippen LogP contribution in [0.15, 0.2) is 66.7 Å². The summed E-state index contributed by atoms with van der Waals surface area (Å²) in [6.07, 6.45) is 0. The molecular weight excluding hydrogens is 314 g/mol. The summed E-state index contributed by atoms with van der Waals surface area (Å²) in [6, 6.07) is 21.7. The highest BCUT2D eigenvalue weighted by Crippen LogP contribution is 2.46. The molecule has 0 bridgehead atoms. The second-order valence-corrected chi connectivity index (χ2v) is 5.95. The van der Waals surface area contributed by atoms with Crippen LogP contribution in [0.4, 0.5) is 0 Å². The molecule has 5 rings (SSSR count). The van der Waals surface area contributed by atoms with Crippen molar-refractivity contribution < 1.29 is 14.2 Å². The summed E-state index contributed by atoms with van der Waals surface area (Å²) in [5, 5.41) is 1.08. The second kappa shape index (κ2) is 5.31. The molecule has 0 saturated carbocycles. The summed E-state index contributed by atoms with van der Waals surface area (Å²) in [5.74, 6) is 3.76. The van der Waals surface area contributed by atoms with Crippen LogP contribution in [0.1, 0.15) is 0 Å². The molecule has 1 aliphatic rings. The van der Waals surface area contributed by atoms with E-state index < -0.39 is 0 Å². The molecule has 4 nitrogen and oxygen atoms in total. The Bertz CT molecular complexity index is 1020. The molecule has 1 aliphatic heterocycles. The van der Waals surface area contributed by atoms with Crippen molar-refractivity contribution in [3.8, 4) is 40.0 Å². The van der Waals surface area contributed by atoms with E-state index in [1.54, 1.807) is 7.11 Å². The number of fused-ring (bicyclic) bond motifs is 3. The highest BCUT2D eigenvalue weighted by molar-refractivity contribution is 5.89. The Morgan fingerprint density at radius 2 is 1.44 bits per heavy atom. The normalized spacial score (nSPS) is 12.0. The molecule has 25 heavy (non-hydrogen) atoms. The minimum absolute atomic E-state index is 0.717. The minimum Gasteiger partial charge on any atom is -0.497 e. The van der Waals surface area contributed by atoms with Crippen molar-refractivity contribution in [3.63, 3.8) is 0 Å². The Morgan fingerprint density at radius 3 is 2.12 bits per heavy atom. The standard InChI is InChI=1S/C21H15NO3/c1-23-15-8-6-13(7-9-15)16-10-14-11-20-21(12-17(14)22-16)25-19-5-3-2-4-18(19)24-20/h2-12,22H,1H3. The Hall–Kier alpha value is -3.40. The van der Waals surface area contributed by atoms with Gasteiger partial charge in [0, 0.05) is 22.7 Å². The average Bonchev–Trinajstić information content (AvgIpc) is 3.07. The zero-order valence-electron chi connectivity index (χ0n) is 13.6. The van der Waals surface area contributed by atoms with Crippen LogP contribution in [0.25, 0.3) is 22.2 Å². The first-order valence-corrected chi connectivity index (χ1v) is 8.06. The van der Waals surface area contributed by atoms with Crippen molar-refractivity contribution >= 4 is 10.9 Å². The van der Waals surface area contributed by atoms with Crippen LogP contribution in [0.2, 0.25) is 0 Å². The fourth-order valence-electron chi connectivity index (χ4n) is 3.08. The predicted molar refractivity (Wildman–Crippen MR) is 96.9 cm³/mol. The number of rotatable bonds is 2. The van der Waals surface area contributed by atoms with Crippen molar-refractivity contribution in [1.82, 2.24) is 4.98 Å². The molecule has 0 spiro atoms. The van der Waals surface area contributed by atoms with Crippen LogP contribution in [-0.4, -0.2) is 12.1 Å². The lowest BCUT2D eigenvalue weighted by molar-refractivity contribution is 0.360. The van der Waals surface area contributed by atoms with E-state index in [4.69, 9.17) is 14.2 Å². The summed E-state index contributed by atoms with van der Waals surface area (Å²) in [6.45, 7) is 0. The second-order valence-electron chi connectivity index (χ2n) is 5.95. The summed E-state index contributed by atoms with van der Waals surface area (Å²) in [5.41, 5.74) is 3.14. The van der Waals surface area contributed by atoms with Crippen LogP contribution in [0, 0.1) is 0 Å².